The van der Waals surface area contributed by atoms with Crippen LogP contribution < -0.4 is 0 Å². The highest BCUT2D eigenvalue weighted by molar-refractivity contribution is 6.04. The standard InChI is InChI=1S/C30H32N4O.C2H2/c1-20-18-34(24-8-4-3-5-9-24)30(35)27-15-22(25-10-6-7-11-26(25)29(20)27)14-21-12-13-28(31-16-21)23-17-32-33(2)19-23;1-2/h6-7,10-13,15-17,19-20,24H,3-5,8-9,14,18H2,1-2H3;1-2H. The van der Waals surface area contributed by atoms with E-state index in [1.54, 1.807) is 4.68 Å². The second-order valence-electron chi connectivity index (χ2n) is 10.3. The second-order valence-corrected chi connectivity index (χ2v) is 10.3. The van der Waals surface area contributed by atoms with E-state index in [2.05, 4.69) is 72.2 Å². The van der Waals surface area contributed by atoms with E-state index in [-0.39, 0.29) is 5.91 Å². The number of benzene rings is 2. The zero-order chi connectivity index (χ0) is 25.9. The van der Waals surface area contributed by atoms with Gasteiger partial charge in [-0.1, -0.05) is 56.5 Å². The second kappa shape index (κ2) is 10.6. The van der Waals surface area contributed by atoms with Crippen LogP contribution in [0.1, 0.15) is 72.0 Å². The van der Waals surface area contributed by atoms with Gasteiger partial charge in [-0.25, -0.2) is 0 Å². The van der Waals surface area contributed by atoms with Gasteiger partial charge in [0.1, 0.15) is 0 Å². The number of terminal acetylenes is 1. The van der Waals surface area contributed by atoms with E-state index in [0.717, 1.165) is 48.2 Å². The van der Waals surface area contributed by atoms with Gasteiger partial charge in [0, 0.05) is 49.1 Å². The molecule has 5 heteroatoms. The molecule has 188 valence electrons. The van der Waals surface area contributed by atoms with Crippen LogP contribution in [0.5, 0.6) is 0 Å². The van der Waals surface area contributed by atoms with Crippen LogP contribution in [0.2, 0.25) is 0 Å². The van der Waals surface area contributed by atoms with Crippen LogP contribution in [0.4, 0.5) is 0 Å². The molecule has 1 aliphatic heterocycles. The van der Waals surface area contributed by atoms with Gasteiger partial charge in [-0.15, -0.1) is 12.8 Å². The number of rotatable bonds is 4. The van der Waals surface area contributed by atoms with Crippen LogP contribution in [-0.4, -0.2) is 38.2 Å². The number of aryl methyl sites for hydroxylation is 1. The van der Waals surface area contributed by atoms with Crippen LogP contribution >= 0.6 is 0 Å². The summed E-state index contributed by atoms with van der Waals surface area (Å²) in [5.74, 6) is 0.561. The number of hydrogen-bond donors (Lipinski definition) is 0. The largest absolute Gasteiger partial charge is 0.335 e. The topological polar surface area (TPSA) is 51.0 Å². The molecule has 2 aromatic heterocycles. The molecule has 3 heterocycles. The molecule has 1 saturated carbocycles. The molecule has 1 fully saturated rings. The number of nitrogens with zero attached hydrogens (tertiary/aromatic N) is 4. The smallest absolute Gasteiger partial charge is 0.254 e. The van der Waals surface area contributed by atoms with Crippen LogP contribution in [0.15, 0.2) is 61.1 Å². The summed E-state index contributed by atoms with van der Waals surface area (Å²) in [7, 11) is 1.91. The number of hydrogen-bond acceptors (Lipinski definition) is 3. The van der Waals surface area contributed by atoms with Gasteiger partial charge >= 0.3 is 0 Å². The first-order valence-corrected chi connectivity index (χ1v) is 13.2. The summed E-state index contributed by atoms with van der Waals surface area (Å²) in [4.78, 5) is 20.7. The predicted octanol–water partition coefficient (Wildman–Crippen LogP) is 6.37. The van der Waals surface area contributed by atoms with Crippen molar-refractivity contribution in [3.05, 3.63) is 83.3 Å². The molecule has 0 N–H and O–H groups in total. The Balaban J connectivity index is 0.00000137. The molecular formula is C32H34N4O. The fourth-order valence-corrected chi connectivity index (χ4v) is 6.13. The van der Waals surface area contributed by atoms with Crippen molar-refractivity contribution >= 4 is 16.7 Å². The summed E-state index contributed by atoms with van der Waals surface area (Å²) >= 11 is 0. The lowest BCUT2D eigenvalue weighted by Gasteiger charge is -2.40. The summed E-state index contributed by atoms with van der Waals surface area (Å²) in [6.07, 6.45) is 20.6. The molecule has 37 heavy (non-hydrogen) atoms. The molecule has 2 aromatic carbocycles. The maximum Gasteiger partial charge on any atom is 0.254 e. The number of carbonyl (C=O) groups is 1. The van der Waals surface area contributed by atoms with E-state index < -0.39 is 0 Å². The number of carbonyl (C=O) groups excluding carboxylic acids is 1. The zero-order valence-electron chi connectivity index (χ0n) is 21.7. The Bertz CT molecular complexity index is 1430. The molecule has 1 amide bonds. The van der Waals surface area contributed by atoms with Gasteiger partial charge in [0.05, 0.1) is 11.9 Å². The van der Waals surface area contributed by atoms with Crippen LogP contribution in [0.25, 0.3) is 22.0 Å². The highest BCUT2D eigenvalue weighted by atomic mass is 16.2. The molecule has 0 saturated heterocycles. The van der Waals surface area contributed by atoms with Gasteiger partial charge in [-0.05, 0) is 58.9 Å². The van der Waals surface area contributed by atoms with Crippen molar-refractivity contribution in [3.8, 4) is 24.1 Å². The minimum atomic E-state index is 0.224. The lowest BCUT2D eigenvalue weighted by molar-refractivity contribution is 0.0594. The minimum absolute atomic E-state index is 0.224. The highest BCUT2D eigenvalue weighted by Gasteiger charge is 2.35. The van der Waals surface area contributed by atoms with Crippen molar-refractivity contribution in [2.45, 2.75) is 57.4 Å². The van der Waals surface area contributed by atoms with Crippen molar-refractivity contribution in [3.63, 3.8) is 0 Å². The number of amides is 1. The Kier molecular flexibility index (Phi) is 7.10. The SMILES string of the molecule is C#C.CC1CN(C2CCCCC2)C(=O)c2cc(Cc3ccc(-c4cnn(C)c4)nc3)c3ccccc3c21. The molecule has 1 unspecified atom stereocenters. The van der Waals surface area contributed by atoms with Crippen LogP contribution in [-0.2, 0) is 13.5 Å². The first-order valence-electron chi connectivity index (χ1n) is 13.2. The van der Waals surface area contributed by atoms with Gasteiger partial charge in [0.25, 0.3) is 5.91 Å². The molecule has 2 aliphatic rings. The molecule has 0 bridgehead atoms. The van der Waals surface area contributed by atoms with Gasteiger partial charge in [0.15, 0.2) is 0 Å². The highest BCUT2D eigenvalue weighted by Crippen LogP contribution is 2.39. The van der Waals surface area contributed by atoms with Crippen LogP contribution in [0, 0.1) is 12.8 Å². The van der Waals surface area contributed by atoms with Gasteiger partial charge in [-0.3, -0.25) is 14.5 Å². The van der Waals surface area contributed by atoms with E-state index in [0.29, 0.717) is 12.0 Å². The third-order valence-electron chi connectivity index (χ3n) is 7.86. The Morgan fingerprint density at radius 1 is 1.00 bits per heavy atom. The number of pyridine rings is 1. The molecule has 5 nitrogen and oxygen atoms in total. The van der Waals surface area contributed by atoms with E-state index in [4.69, 9.17) is 4.98 Å². The lowest BCUT2D eigenvalue weighted by Crippen LogP contribution is -2.46. The van der Waals surface area contributed by atoms with Crippen LogP contribution in [0.3, 0.4) is 0 Å². The van der Waals surface area contributed by atoms with Crippen molar-refractivity contribution in [1.82, 2.24) is 19.7 Å². The fourth-order valence-electron chi connectivity index (χ4n) is 6.13. The summed E-state index contributed by atoms with van der Waals surface area (Å²) < 4.78 is 1.79. The van der Waals surface area contributed by atoms with Crippen molar-refractivity contribution in [2.24, 2.45) is 7.05 Å². The minimum Gasteiger partial charge on any atom is -0.335 e. The molecule has 6 rings (SSSR count). The molecular weight excluding hydrogens is 456 g/mol. The van der Waals surface area contributed by atoms with Gasteiger partial charge < -0.3 is 4.90 Å². The average Bonchev–Trinajstić information content (AvgIpc) is 3.38. The number of fused-ring (bicyclic) bond motifs is 3. The quantitative estimate of drug-likeness (QED) is 0.313. The first kappa shape index (κ1) is 24.8. The number of aromatic nitrogens is 3. The summed E-state index contributed by atoms with van der Waals surface area (Å²) in [6.45, 7) is 3.12. The Morgan fingerprint density at radius 3 is 2.43 bits per heavy atom. The summed E-state index contributed by atoms with van der Waals surface area (Å²) in [5.41, 5.74) is 6.41. The zero-order valence-corrected chi connectivity index (χ0v) is 21.7. The van der Waals surface area contributed by atoms with Crippen molar-refractivity contribution in [1.29, 1.82) is 0 Å². The fraction of sp³-hybridized carbons (Fsp3) is 0.344. The maximum atomic E-state index is 13.8. The van der Waals surface area contributed by atoms with Crippen molar-refractivity contribution in [2.75, 3.05) is 6.54 Å². The molecule has 0 radical (unpaired) electrons. The first-order chi connectivity index (χ1) is 18.1. The molecule has 1 atom stereocenters. The normalized spacial score (nSPS) is 17.8. The van der Waals surface area contributed by atoms with E-state index in [1.807, 2.05) is 25.6 Å². The third kappa shape index (κ3) is 4.76. The average molecular weight is 491 g/mol. The summed E-state index contributed by atoms with van der Waals surface area (Å²) in [5, 5.41) is 6.72. The Hall–Kier alpha value is -3.91. The molecule has 4 aromatic rings. The predicted molar refractivity (Wildman–Crippen MR) is 149 cm³/mol. The van der Waals surface area contributed by atoms with Crippen molar-refractivity contribution < 1.29 is 4.79 Å². The molecule has 0 spiro atoms. The summed E-state index contributed by atoms with van der Waals surface area (Å²) in [6, 6.07) is 15.4. The third-order valence-corrected chi connectivity index (χ3v) is 7.86. The van der Waals surface area contributed by atoms with E-state index in [9.17, 15) is 4.79 Å². The monoisotopic (exact) mass is 490 g/mol. The van der Waals surface area contributed by atoms with E-state index >= 15 is 0 Å². The lowest BCUT2D eigenvalue weighted by atomic mass is 9.82. The van der Waals surface area contributed by atoms with Gasteiger partial charge in [-0.2, -0.15) is 5.10 Å². The Morgan fingerprint density at radius 2 is 1.76 bits per heavy atom. The van der Waals surface area contributed by atoms with Gasteiger partial charge in [0.2, 0.25) is 0 Å². The Labute approximate surface area is 219 Å². The molecule has 1 aliphatic carbocycles. The van der Waals surface area contributed by atoms with E-state index in [1.165, 1.54) is 41.2 Å². The maximum absolute atomic E-state index is 13.8.